The quantitative estimate of drug-likeness (QED) is 0.365. The molecule has 0 amide bonds. The number of methoxy groups -OCH3 is 1. The van der Waals surface area contributed by atoms with Crippen LogP contribution in [-0.4, -0.2) is 61.8 Å². The van der Waals surface area contributed by atoms with Crippen LogP contribution in [0.5, 0.6) is 0 Å². The number of halogens is 1. The number of nitro groups is 1. The van der Waals surface area contributed by atoms with Gasteiger partial charge in [0, 0.05) is 43.3 Å². The number of ether oxygens (including phenoxy) is 1. The van der Waals surface area contributed by atoms with E-state index in [0.717, 1.165) is 6.07 Å². The van der Waals surface area contributed by atoms with Gasteiger partial charge in [-0.15, -0.1) is 0 Å². The van der Waals surface area contributed by atoms with Crippen molar-refractivity contribution in [3.8, 4) is 0 Å². The lowest BCUT2D eigenvalue weighted by atomic mass is 10.0. The van der Waals surface area contributed by atoms with Gasteiger partial charge >= 0.3 is 5.97 Å². The van der Waals surface area contributed by atoms with E-state index < -0.39 is 27.0 Å². The van der Waals surface area contributed by atoms with Gasteiger partial charge in [0.15, 0.2) is 0 Å². The number of hydrogen-bond acceptors (Lipinski definition) is 7. The fourth-order valence-electron chi connectivity index (χ4n) is 3.60. The van der Waals surface area contributed by atoms with Crippen molar-refractivity contribution >= 4 is 33.3 Å². The molecule has 166 valence electrons. The third-order valence-electron chi connectivity index (χ3n) is 5.26. The fraction of sp³-hybridized carbons (Fsp3) is 0.350. The normalized spacial score (nSPS) is 16.6. The molecule has 3 rings (SSSR count). The number of aryl methyl sites for hydroxylation is 1. The Bertz CT molecular complexity index is 1100. The molecule has 1 fully saturated rings. The average Bonchev–Trinajstić information content (AvgIpc) is 2.75. The Morgan fingerprint density at radius 3 is 2.39 bits per heavy atom. The summed E-state index contributed by atoms with van der Waals surface area (Å²) in [6.45, 7) is 2.35. The third-order valence-corrected chi connectivity index (χ3v) is 7.65. The third kappa shape index (κ3) is 4.72. The zero-order valence-corrected chi connectivity index (χ0v) is 18.6. The van der Waals surface area contributed by atoms with Crippen LogP contribution in [0.25, 0.3) is 0 Å². The summed E-state index contributed by atoms with van der Waals surface area (Å²) < 4.78 is 32.5. The maximum Gasteiger partial charge on any atom is 0.327 e. The van der Waals surface area contributed by atoms with E-state index in [0.29, 0.717) is 16.1 Å². The lowest BCUT2D eigenvalue weighted by molar-refractivity contribution is -0.385. The Morgan fingerprint density at radius 2 is 1.81 bits per heavy atom. The number of nitro benzene ring substituents is 1. The first-order valence-corrected chi connectivity index (χ1v) is 11.3. The van der Waals surface area contributed by atoms with Gasteiger partial charge < -0.3 is 4.74 Å². The molecule has 0 radical (unpaired) electrons. The lowest BCUT2D eigenvalue weighted by Crippen LogP contribution is -2.51. The Labute approximate surface area is 185 Å². The van der Waals surface area contributed by atoms with Gasteiger partial charge in [-0.25, -0.2) is 13.2 Å². The number of piperazine rings is 1. The second kappa shape index (κ2) is 9.31. The van der Waals surface area contributed by atoms with Gasteiger partial charge in [0.2, 0.25) is 10.0 Å². The smallest absolute Gasteiger partial charge is 0.327 e. The first kappa shape index (κ1) is 23.1. The number of rotatable bonds is 6. The van der Waals surface area contributed by atoms with Crippen LogP contribution < -0.4 is 0 Å². The van der Waals surface area contributed by atoms with E-state index in [4.69, 9.17) is 16.3 Å². The average molecular weight is 468 g/mol. The highest BCUT2D eigenvalue weighted by Gasteiger charge is 2.36. The SMILES string of the molecule is COC(=O)C(c1ccccc1Cl)N1CCN(S(=O)(=O)c2cc([N+](=O)[O-])ccc2C)CC1. The monoisotopic (exact) mass is 467 g/mol. The predicted molar refractivity (Wildman–Crippen MR) is 114 cm³/mol. The Morgan fingerprint density at radius 1 is 1.16 bits per heavy atom. The minimum absolute atomic E-state index is 0.0919. The molecule has 0 spiro atoms. The van der Waals surface area contributed by atoms with Crippen molar-refractivity contribution in [1.29, 1.82) is 0 Å². The molecule has 0 N–H and O–H groups in total. The van der Waals surface area contributed by atoms with Crippen molar-refractivity contribution in [2.75, 3.05) is 33.3 Å². The van der Waals surface area contributed by atoms with Crippen molar-refractivity contribution in [2.24, 2.45) is 0 Å². The molecule has 31 heavy (non-hydrogen) atoms. The Hall–Kier alpha value is -2.53. The van der Waals surface area contributed by atoms with Gasteiger partial charge in [-0.2, -0.15) is 4.31 Å². The highest BCUT2D eigenvalue weighted by atomic mass is 35.5. The molecular weight excluding hydrogens is 446 g/mol. The summed E-state index contributed by atoms with van der Waals surface area (Å²) in [6.07, 6.45) is 0. The topological polar surface area (TPSA) is 110 Å². The molecule has 1 heterocycles. The van der Waals surface area contributed by atoms with Crippen LogP contribution in [0.15, 0.2) is 47.4 Å². The molecule has 11 heteroatoms. The van der Waals surface area contributed by atoms with Crippen LogP contribution in [0.1, 0.15) is 17.2 Å². The van der Waals surface area contributed by atoms with E-state index in [1.807, 2.05) is 4.90 Å². The van der Waals surface area contributed by atoms with Crippen molar-refractivity contribution in [3.63, 3.8) is 0 Å². The van der Waals surface area contributed by atoms with Gasteiger partial charge in [0.25, 0.3) is 5.69 Å². The first-order valence-electron chi connectivity index (χ1n) is 9.48. The molecule has 0 bridgehead atoms. The molecule has 1 atom stereocenters. The molecule has 1 aliphatic rings. The number of carbonyl (C=O) groups is 1. The molecule has 2 aromatic carbocycles. The largest absolute Gasteiger partial charge is 0.468 e. The molecular formula is C20H22ClN3O6S. The van der Waals surface area contributed by atoms with Crippen LogP contribution in [0, 0.1) is 17.0 Å². The zero-order chi connectivity index (χ0) is 22.8. The summed E-state index contributed by atoms with van der Waals surface area (Å²) in [5.41, 5.74) is 0.727. The molecule has 1 saturated heterocycles. The van der Waals surface area contributed by atoms with Gasteiger partial charge in [-0.05, 0) is 24.1 Å². The molecule has 1 aliphatic heterocycles. The molecule has 1 unspecified atom stereocenters. The Kier molecular flexibility index (Phi) is 6.95. The minimum Gasteiger partial charge on any atom is -0.468 e. The van der Waals surface area contributed by atoms with E-state index in [2.05, 4.69) is 0 Å². The molecule has 9 nitrogen and oxygen atoms in total. The second-order valence-corrected chi connectivity index (χ2v) is 9.41. The van der Waals surface area contributed by atoms with Gasteiger partial charge in [-0.3, -0.25) is 15.0 Å². The van der Waals surface area contributed by atoms with Crippen LogP contribution >= 0.6 is 11.6 Å². The summed E-state index contributed by atoms with van der Waals surface area (Å²) in [4.78, 5) is 24.7. The highest BCUT2D eigenvalue weighted by Crippen LogP contribution is 2.31. The maximum atomic E-state index is 13.1. The van der Waals surface area contributed by atoms with E-state index >= 15 is 0 Å². The number of benzene rings is 2. The van der Waals surface area contributed by atoms with Gasteiger partial charge in [0.05, 0.1) is 16.9 Å². The number of esters is 1. The summed E-state index contributed by atoms with van der Waals surface area (Å²) in [5.74, 6) is -0.487. The number of non-ortho nitro benzene ring substituents is 1. The van der Waals surface area contributed by atoms with Crippen molar-refractivity contribution in [3.05, 3.63) is 68.7 Å². The van der Waals surface area contributed by atoms with E-state index in [1.54, 1.807) is 31.2 Å². The summed E-state index contributed by atoms with van der Waals surface area (Å²) in [5, 5.41) is 11.5. The number of sulfonamides is 1. The summed E-state index contributed by atoms with van der Waals surface area (Å²) in [6, 6.07) is 9.96. The minimum atomic E-state index is -3.94. The van der Waals surface area contributed by atoms with Crippen molar-refractivity contribution < 1.29 is 22.9 Å². The summed E-state index contributed by atoms with van der Waals surface area (Å²) in [7, 11) is -2.65. The van der Waals surface area contributed by atoms with Gasteiger partial charge in [0.1, 0.15) is 6.04 Å². The van der Waals surface area contributed by atoms with Crippen LogP contribution in [0.4, 0.5) is 5.69 Å². The van der Waals surface area contributed by atoms with Crippen LogP contribution in [-0.2, 0) is 19.6 Å². The van der Waals surface area contributed by atoms with Crippen molar-refractivity contribution in [1.82, 2.24) is 9.21 Å². The van der Waals surface area contributed by atoms with Crippen LogP contribution in [0.3, 0.4) is 0 Å². The van der Waals surface area contributed by atoms with E-state index in [1.165, 1.54) is 23.5 Å². The molecule has 0 saturated carbocycles. The van der Waals surface area contributed by atoms with Crippen molar-refractivity contribution in [2.45, 2.75) is 17.9 Å². The molecule has 2 aromatic rings. The molecule has 0 aromatic heterocycles. The van der Waals surface area contributed by atoms with Gasteiger partial charge in [-0.1, -0.05) is 35.9 Å². The highest BCUT2D eigenvalue weighted by molar-refractivity contribution is 7.89. The number of carbonyl (C=O) groups excluding carboxylic acids is 1. The Balaban J connectivity index is 1.84. The van der Waals surface area contributed by atoms with E-state index in [-0.39, 0.29) is 36.8 Å². The zero-order valence-electron chi connectivity index (χ0n) is 17.0. The molecule has 0 aliphatic carbocycles. The second-order valence-electron chi connectivity index (χ2n) is 7.09. The maximum absolute atomic E-state index is 13.1. The number of nitrogens with zero attached hydrogens (tertiary/aromatic N) is 3. The fourth-order valence-corrected chi connectivity index (χ4v) is 5.51. The lowest BCUT2D eigenvalue weighted by Gasteiger charge is -2.37. The summed E-state index contributed by atoms with van der Waals surface area (Å²) >= 11 is 6.28. The standard InChI is InChI=1S/C20H22ClN3O6S/c1-14-7-8-15(24(26)27)13-18(14)31(28,29)23-11-9-22(10-12-23)19(20(25)30-2)16-5-3-4-6-17(16)21/h3-8,13,19H,9-12H2,1-2H3. The van der Waals surface area contributed by atoms with Crippen LogP contribution in [0.2, 0.25) is 5.02 Å². The van der Waals surface area contributed by atoms with E-state index in [9.17, 15) is 23.3 Å². The number of hydrogen-bond donors (Lipinski definition) is 0. The first-order chi connectivity index (χ1) is 14.7. The predicted octanol–water partition coefficient (Wildman–Crippen LogP) is 2.78.